The molecule has 1 heterocycles. The zero-order valence-corrected chi connectivity index (χ0v) is 15.3. The molecule has 0 aliphatic heterocycles. The van der Waals surface area contributed by atoms with Crippen LogP contribution in [0.1, 0.15) is 53.3 Å². The lowest BCUT2D eigenvalue weighted by atomic mass is 10.1. The minimum absolute atomic E-state index is 0.116. The van der Waals surface area contributed by atoms with Crippen LogP contribution in [0, 0.1) is 27.7 Å². The van der Waals surface area contributed by atoms with Crippen LogP contribution in [0.2, 0.25) is 0 Å². The van der Waals surface area contributed by atoms with Gasteiger partial charge in [-0.15, -0.1) is 0 Å². The van der Waals surface area contributed by atoms with Crippen LogP contribution in [0.5, 0.6) is 0 Å². The highest BCUT2D eigenvalue weighted by Crippen LogP contribution is 2.25. The van der Waals surface area contributed by atoms with Crippen molar-refractivity contribution in [2.24, 2.45) is 0 Å². The van der Waals surface area contributed by atoms with Crippen LogP contribution in [0.3, 0.4) is 0 Å². The van der Waals surface area contributed by atoms with E-state index in [0.29, 0.717) is 17.3 Å². The van der Waals surface area contributed by atoms with E-state index in [1.807, 2.05) is 13.8 Å². The Morgan fingerprint density at radius 2 is 1.71 bits per heavy atom. The molecule has 0 spiro atoms. The fraction of sp³-hybridized carbons (Fsp3) is 0.421. The molecule has 5 nitrogen and oxygen atoms in total. The highest BCUT2D eigenvalue weighted by Gasteiger charge is 2.13. The maximum atomic E-state index is 12.3. The summed E-state index contributed by atoms with van der Waals surface area (Å²) in [4.78, 5) is 21.0. The van der Waals surface area contributed by atoms with Gasteiger partial charge in [-0.1, -0.05) is 24.6 Å². The molecule has 1 atom stereocenters. The Morgan fingerprint density at radius 1 is 1.08 bits per heavy atom. The number of hydrogen-bond donors (Lipinski definition) is 2. The lowest BCUT2D eigenvalue weighted by Crippen LogP contribution is -2.32. The Labute approximate surface area is 143 Å². The molecular weight excluding hydrogens is 300 g/mol. The summed E-state index contributed by atoms with van der Waals surface area (Å²) in [5.74, 6) is 1.03. The number of amides is 1. The fourth-order valence-corrected chi connectivity index (χ4v) is 2.65. The van der Waals surface area contributed by atoms with Crippen LogP contribution in [-0.2, 0) is 0 Å². The molecule has 2 aromatic rings. The van der Waals surface area contributed by atoms with Gasteiger partial charge in [0.05, 0.1) is 0 Å². The van der Waals surface area contributed by atoms with Gasteiger partial charge < -0.3 is 10.6 Å². The summed E-state index contributed by atoms with van der Waals surface area (Å²) in [5.41, 5.74) is 4.92. The lowest BCUT2D eigenvalue weighted by Gasteiger charge is -2.15. The zero-order valence-electron chi connectivity index (χ0n) is 15.3. The van der Waals surface area contributed by atoms with Crippen LogP contribution in [-0.4, -0.2) is 21.9 Å². The maximum Gasteiger partial charge on any atom is 0.270 e. The molecule has 0 aliphatic rings. The second-order valence-electron chi connectivity index (χ2n) is 6.37. The predicted molar refractivity (Wildman–Crippen MR) is 97.9 cm³/mol. The van der Waals surface area contributed by atoms with Gasteiger partial charge in [-0.2, -0.15) is 0 Å². The number of benzene rings is 1. The molecule has 128 valence electrons. The van der Waals surface area contributed by atoms with Crippen LogP contribution in [0.4, 0.5) is 11.5 Å². The number of hydrogen-bond acceptors (Lipinski definition) is 4. The lowest BCUT2D eigenvalue weighted by molar-refractivity contribution is 0.0934. The molecule has 0 radical (unpaired) electrons. The number of anilines is 2. The molecule has 2 rings (SSSR count). The van der Waals surface area contributed by atoms with E-state index in [2.05, 4.69) is 53.5 Å². The van der Waals surface area contributed by atoms with Crippen molar-refractivity contribution in [2.75, 3.05) is 5.32 Å². The number of nitrogens with zero attached hydrogens (tertiary/aromatic N) is 2. The van der Waals surface area contributed by atoms with E-state index >= 15 is 0 Å². The summed E-state index contributed by atoms with van der Waals surface area (Å²) in [6, 6.07) is 6.06. The predicted octanol–water partition coefficient (Wildman–Crippen LogP) is 3.98. The van der Waals surface area contributed by atoms with Gasteiger partial charge in [0, 0.05) is 17.8 Å². The molecule has 1 unspecified atom stereocenters. The monoisotopic (exact) mass is 326 g/mol. The molecule has 24 heavy (non-hydrogen) atoms. The summed E-state index contributed by atoms with van der Waals surface area (Å²) in [6.07, 6.45) is 0.878. The molecule has 0 fully saturated rings. The van der Waals surface area contributed by atoms with Crippen LogP contribution in [0.25, 0.3) is 0 Å². The number of aryl methyl sites for hydroxylation is 4. The van der Waals surface area contributed by atoms with E-state index in [9.17, 15) is 4.79 Å². The van der Waals surface area contributed by atoms with E-state index in [0.717, 1.165) is 23.2 Å². The largest absolute Gasteiger partial charge is 0.348 e. The van der Waals surface area contributed by atoms with Crippen molar-refractivity contribution in [1.29, 1.82) is 0 Å². The van der Waals surface area contributed by atoms with Gasteiger partial charge in [-0.3, -0.25) is 4.79 Å². The molecule has 0 saturated heterocycles. The van der Waals surface area contributed by atoms with Crippen molar-refractivity contribution in [3.05, 3.63) is 46.4 Å². The van der Waals surface area contributed by atoms with E-state index < -0.39 is 0 Å². The van der Waals surface area contributed by atoms with Gasteiger partial charge in [0.1, 0.15) is 17.3 Å². The van der Waals surface area contributed by atoms with Gasteiger partial charge in [0.15, 0.2) is 0 Å². The minimum atomic E-state index is -0.171. The second kappa shape index (κ2) is 7.43. The molecule has 0 saturated carbocycles. The smallest absolute Gasteiger partial charge is 0.270 e. The highest BCUT2D eigenvalue weighted by molar-refractivity contribution is 5.93. The average Bonchev–Trinajstić information content (AvgIpc) is 2.50. The summed E-state index contributed by atoms with van der Waals surface area (Å²) in [7, 11) is 0. The molecule has 1 aromatic carbocycles. The summed E-state index contributed by atoms with van der Waals surface area (Å²) < 4.78 is 0. The average molecular weight is 326 g/mol. The van der Waals surface area contributed by atoms with Crippen molar-refractivity contribution in [3.8, 4) is 0 Å². The van der Waals surface area contributed by atoms with Crippen LogP contribution < -0.4 is 10.6 Å². The maximum absolute atomic E-state index is 12.3. The first kappa shape index (κ1) is 17.9. The van der Waals surface area contributed by atoms with Crippen LogP contribution >= 0.6 is 0 Å². The van der Waals surface area contributed by atoms with Crippen molar-refractivity contribution < 1.29 is 4.79 Å². The number of carbonyl (C=O) groups excluding carboxylic acids is 1. The number of carbonyl (C=O) groups is 1. The third-order valence-corrected chi connectivity index (χ3v) is 3.99. The minimum Gasteiger partial charge on any atom is -0.348 e. The van der Waals surface area contributed by atoms with Crippen molar-refractivity contribution in [2.45, 2.75) is 54.0 Å². The van der Waals surface area contributed by atoms with Crippen LogP contribution in [0.15, 0.2) is 18.2 Å². The third-order valence-electron chi connectivity index (χ3n) is 3.99. The Balaban J connectivity index is 2.31. The van der Waals surface area contributed by atoms with Gasteiger partial charge in [-0.05, 0) is 52.2 Å². The fourth-order valence-electron chi connectivity index (χ4n) is 2.65. The molecule has 0 bridgehead atoms. The van der Waals surface area contributed by atoms with Crippen molar-refractivity contribution in [3.63, 3.8) is 0 Å². The first-order valence-electron chi connectivity index (χ1n) is 8.31. The van der Waals surface area contributed by atoms with Gasteiger partial charge in [0.2, 0.25) is 0 Å². The molecule has 1 amide bonds. The van der Waals surface area contributed by atoms with E-state index in [1.54, 1.807) is 13.0 Å². The number of nitrogens with one attached hydrogen (secondary N) is 2. The van der Waals surface area contributed by atoms with Gasteiger partial charge in [-0.25, -0.2) is 9.97 Å². The Kier molecular flexibility index (Phi) is 5.54. The number of rotatable bonds is 5. The number of aromatic nitrogens is 2. The first-order valence-corrected chi connectivity index (χ1v) is 8.31. The van der Waals surface area contributed by atoms with E-state index in [4.69, 9.17) is 0 Å². The Bertz CT molecular complexity index is 732. The molecule has 1 aromatic heterocycles. The molecule has 2 N–H and O–H groups in total. The quantitative estimate of drug-likeness (QED) is 0.872. The Hall–Kier alpha value is -2.43. The summed E-state index contributed by atoms with van der Waals surface area (Å²) in [6.45, 7) is 12.0. The standard InChI is InChI=1S/C19H26N4O/c1-7-14(5)20-19(24)16-10-17(22-15(6)21-16)23-18-12(3)8-11(2)9-13(18)4/h8-10,14H,7H2,1-6H3,(H,20,24)(H,21,22,23). The SMILES string of the molecule is CCC(C)NC(=O)c1cc(Nc2c(C)cc(C)cc2C)nc(C)n1. The van der Waals surface area contributed by atoms with Gasteiger partial charge >= 0.3 is 0 Å². The summed E-state index contributed by atoms with van der Waals surface area (Å²) >= 11 is 0. The highest BCUT2D eigenvalue weighted by atomic mass is 16.1. The van der Waals surface area contributed by atoms with Crippen molar-refractivity contribution in [1.82, 2.24) is 15.3 Å². The second-order valence-corrected chi connectivity index (χ2v) is 6.37. The van der Waals surface area contributed by atoms with Gasteiger partial charge in [0.25, 0.3) is 5.91 Å². The zero-order chi connectivity index (χ0) is 17.9. The summed E-state index contributed by atoms with van der Waals surface area (Å²) in [5, 5.41) is 6.28. The molecule has 0 aliphatic carbocycles. The Morgan fingerprint density at radius 3 is 2.29 bits per heavy atom. The normalized spacial score (nSPS) is 11.9. The van der Waals surface area contributed by atoms with E-state index in [1.165, 1.54) is 5.56 Å². The van der Waals surface area contributed by atoms with E-state index in [-0.39, 0.29) is 11.9 Å². The third kappa shape index (κ3) is 4.31. The van der Waals surface area contributed by atoms with Crippen molar-refractivity contribution >= 4 is 17.4 Å². The first-order chi connectivity index (χ1) is 11.3. The topological polar surface area (TPSA) is 66.9 Å². The molecule has 5 heteroatoms. The molecular formula is C19H26N4O.